The van der Waals surface area contributed by atoms with Gasteiger partial charge in [-0.3, -0.25) is 14.7 Å². The van der Waals surface area contributed by atoms with Gasteiger partial charge in [0.05, 0.1) is 74.2 Å². The zero-order valence-corrected chi connectivity index (χ0v) is 23.4. The fourth-order valence-electron chi connectivity index (χ4n) is 4.13. The molecule has 10 nitrogen and oxygen atoms in total. The summed E-state index contributed by atoms with van der Waals surface area (Å²) in [5, 5.41) is 16.2. The Kier molecular flexibility index (Phi) is 11.2. The predicted octanol–water partition coefficient (Wildman–Crippen LogP) is 4.51. The van der Waals surface area contributed by atoms with E-state index in [2.05, 4.69) is 26.6 Å². The molecule has 1 aliphatic rings. The Hall–Kier alpha value is -3.79. The van der Waals surface area contributed by atoms with E-state index in [9.17, 15) is 14.4 Å². The first-order chi connectivity index (χ1) is 20.0. The van der Waals surface area contributed by atoms with Gasteiger partial charge in [-0.2, -0.15) is 5.26 Å². The van der Waals surface area contributed by atoms with Gasteiger partial charge in [0.25, 0.3) is 0 Å². The van der Waals surface area contributed by atoms with Crippen molar-refractivity contribution < 1.29 is 28.1 Å². The van der Waals surface area contributed by atoms with Crippen molar-refractivity contribution >= 4 is 45.5 Å². The molecule has 0 unspecified atom stereocenters. The average molecular weight is 584 g/mol. The zero-order chi connectivity index (χ0) is 29.0. The maximum atomic E-state index is 13.7. The van der Waals surface area contributed by atoms with E-state index < -0.39 is 5.82 Å². The number of nitrogens with one attached hydrogen (secondary N) is 2. The van der Waals surface area contributed by atoms with Gasteiger partial charge in [-0.25, -0.2) is 4.39 Å². The highest BCUT2D eigenvalue weighted by Gasteiger charge is 2.15. The summed E-state index contributed by atoms with van der Waals surface area (Å²) >= 11 is 5.94. The van der Waals surface area contributed by atoms with Crippen molar-refractivity contribution in [2.75, 3.05) is 77.0 Å². The van der Waals surface area contributed by atoms with Crippen LogP contribution in [0.4, 0.5) is 21.5 Å². The minimum Gasteiger partial charge on any atom is -0.494 e. The van der Waals surface area contributed by atoms with E-state index in [1.807, 2.05) is 0 Å². The standard InChI is InChI=1S/C29H31ClFN5O5/c1-38-27-17-25-22(29(20(18-32)19-33-25)34-21-4-5-24(31)23(30)15-21)16-26(27)35-28(37)3-2-6-36-7-9-39-11-13-41-14-12-40-10-8-36/h2-5,15-17,19H,6-14H2,1H3,(H,33,34)(H,35,37)/b3-2+. The molecular weight excluding hydrogens is 553 g/mol. The molecular formula is C29H31ClFN5O5. The number of ether oxygens (including phenoxy) is 4. The number of hydrogen-bond acceptors (Lipinski definition) is 9. The van der Waals surface area contributed by atoms with E-state index in [4.69, 9.17) is 30.5 Å². The van der Waals surface area contributed by atoms with Crippen molar-refractivity contribution in [3.8, 4) is 11.8 Å². The lowest BCUT2D eigenvalue weighted by atomic mass is 10.1. The molecule has 0 spiro atoms. The summed E-state index contributed by atoms with van der Waals surface area (Å²) in [6, 6.07) is 9.62. The number of methoxy groups -OCH3 is 1. The molecule has 1 aliphatic heterocycles. The van der Waals surface area contributed by atoms with Gasteiger partial charge in [0.2, 0.25) is 5.91 Å². The monoisotopic (exact) mass is 583 g/mol. The number of carbonyl (C=O) groups is 1. The third-order valence-electron chi connectivity index (χ3n) is 6.24. The second kappa shape index (κ2) is 15.3. The van der Waals surface area contributed by atoms with Crippen LogP contribution in [-0.2, 0) is 19.0 Å². The predicted molar refractivity (Wildman–Crippen MR) is 154 cm³/mol. The number of halogens is 2. The van der Waals surface area contributed by atoms with Gasteiger partial charge in [0.1, 0.15) is 17.6 Å². The summed E-state index contributed by atoms with van der Waals surface area (Å²) in [5.41, 5.74) is 2.08. The number of nitriles is 1. The number of fused-ring (bicyclic) bond motifs is 1. The fourth-order valence-corrected chi connectivity index (χ4v) is 4.31. The number of nitrogens with zero attached hydrogens (tertiary/aromatic N) is 3. The maximum absolute atomic E-state index is 13.7. The Bertz CT molecular complexity index is 1420. The summed E-state index contributed by atoms with van der Waals surface area (Å²) in [6.45, 7) is 5.15. The second-order valence-electron chi connectivity index (χ2n) is 9.01. The van der Waals surface area contributed by atoms with E-state index in [1.165, 1.54) is 37.6 Å². The van der Waals surface area contributed by atoms with Crippen molar-refractivity contribution in [3.63, 3.8) is 0 Å². The van der Waals surface area contributed by atoms with Crippen LogP contribution in [0.5, 0.6) is 5.75 Å². The van der Waals surface area contributed by atoms with E-state index in [-0.39, 0.29) is 16.5 Å². The number of amides is 1. The molecule has 0 atom stereocenters. The second-order valence-corrected chi connectivity index (χ2v) is 9.42. The third kappa shape index (κ3) is 8.60. The number of aromatic nitrogens is 1. The number of rotatable bonds is 7. The van der Waals surface area contributed by atoms with Crippen LogP contribution >= 0.6 is 11.6 Å². The van der Waals surface area contributed by atoms with E-state index >= 15 is 0 Å². The topological polar surface area (TPSA) is 118 Å². The van der Waals surface area contributed by atoms with Gasteiger partial charge in [-0.15, -0.1) is 0 Å². The molecule has 0 aliphatic carbocycles. The highest BCUT2D eigenvalue weighted by molar-refractivity contribution is 6.31. The van der Waals surface area contributed by atoms with Crippen LogP contribution in [-0.4, -0.2) is 82.2 Å². The van der Waals surface area contributed by atoms with E-state index in [0.29, 0.717) is 93.0 Å². The summed E-state index contributed by atoms with van der Waals surface area (Å²) in [7, 11) is 1.49. The molecule has 0 radical (unpaired) electrons. The van der Waals surface area contributed by atoms with Gasteiger partial charge < -0.3 is 29.6 Å². The van der Waals surface area contributed by atoms with Gasteiger partial charge >= 0.3 is 0 Å². The molecule has 0 saturated carbocycles. The fraction of sp³-hybridized carbons (Fsp3) is 0.345. The lowest BCUT2D eigenvalue weighted by Gasteiger charge is -2.21. The van der Waals surface area contributed by atoms with Crippen molar-refractivity contribution in [1.82, 2.24) is 9.88 Å². The van der Waals surface area contributed by atoms with E-state index in [1.54, 1.807) is 18.2 Å². The first-order valence-electron chi connectivity index (χ1n) is 13.0. The highest BCUT2D eigenvalue weighted by Crippen LogP contribution is 2.36. The Morgan fingerprint density at radius 3 is 2.51 bits per heavy atom. The Labute approximate surface area is 242 Å². The third-order valence-corrected chi connectivity index (χ3v) is 6.53. The van der Waals surface area contributed by atoms with Crippen molar-refractivity contribution in [2.45, 2.75) is 0 Å². The summed E-state index contributed by atoms with van der Waals surface area (Å²) in [5.74, 6) is -0.514. The zero-order valence-electron chi connectivity index (χ0n) is 22.6. The quantitative estimate of drug-likeness (QED) is 0.387. The molecule has 1 aromatic heterocycles. The minimum atomic E-state index is -0.556. The van der Waals surface area contributed by atoms with Crippen LogP contribution in [0.2, 0.25) is 5.02 Å². The van der Waals surface area contributed by atoms with E-state index in [0.717, 1.165) is 0 Å². The van der Waals surface area contributed by atoms with Crippen LogP contribution in [0, 0.1) is 17.1 Å². The number of pyridine rings is 1. The average Bonchev–Trinajstić information content (AvgIpc) is 2.96. The molecule has 3 aromatic rings. The number of anilines is 3. The number of benzene rings is 2. The molecule has 1 fully saturated rings. The maximum Gasteiger partial charge on any atom is 0.248 e. The lowest BCUT2D eigenvalue weighted by molar-refractivity contribution is -0.111. The summed E-state index contributed by atoms with van der Waals surface area (Å²) in [6.07, 6.45) is 4.66. The van der Waals surface area contributed by atoms with Crippen LogP contribution < -0.4 is 15.4 Å². The lowest BCUT2D eigenvalue weighted by Crippen LogP contribution is -2.32. The number of carbonyl (C=O) groups excluding carboxylic acids is 1. The minimum absolute atomic E-state index is 0.0596. The van der Waals surface area contributed by atoms with Gasteiger partial charge in [-0.05, 0) is 24.3 Å². The van der Waals surface area contributed by atoms with Crippen molar-refractivity contribution in [1.29, 1.82) is 5.26 Å². The molecule has 1 amide bonds. The molecule has 12 heteroatoms. The Balaban J connectivity index is 1.51. The SMILES string of the molecule is COc1cc2ncc(C#N)c(Nc3ccc(F)c(Cl)c3)c2cc1NC(=O)/C=C/CN1CCOCCOCCOCC1. The molecule has 41 heavy (non-hydrogen) atoms. The Morgan fingerprint density at radius 1 is 1.15 bits per heavy atom. The molecule has 2 N–H and O–H groups in total. The normalized spacial score (nSPS) is 15.6. The Morgan fingerprint density at radius 2 is 1.85 bits per heavy atom. The van der Waals surface area contributed by atoms with Gasteiger partial charge in [-0.1, -0.05) is 17.7 Å². The summed E-state index contributed by atoms with van der Waals surface area (Å²) in [4.78, 5) is 19.4. The van der Waals surface area contributed by atoms with Crippen LogP contribution in [0.15, 0.2) is 48.7 Å². The van der Waals surface area contributed by atoms with Crippen LogP contribution in [0.1, 0.15) is 5.56 Å². The van der Waals surface area contributed by atoms with Gasteiger partial charge in [0, 0.05) is 49.0 Å². The smallest absolute Gasteiger partial charge is 0.248 e. The molecule has 2 aromatic carbocycles. The molecule has 2 heterocycles. The number of hydrogen-bond donors (Lipinski definition) is 2. The molecule has 1 saturated heterocycles. The first kappa shape index (κ1) is 30.2. The summed E-state index contributed by atoms with van der Waals surface area (Å²) < 4.78 is 35.8. The van der Waals surface area contributed by atoms with Crippen LogP contribution in [0.3, 0.4) is 0 Å². The molecule has 0 bridgehead atoms. The van der Waals surface area contributed by atoms with Gasteiger partial charge in [0.15, 0.2) is 0 Å². The molecule has 216 valence electrons. The highest BCUT2D eigenvalue weighted by atomic mass is 35.5. The first-order valence-corrected chi connectivity index (χ1v) is 13.4. The molecule has 4 rings (SSSR count). The largest absolute Gasteiger partial charge is 0.494 e. The van der Waals surface area contributed by atoms with Crippen LogP contribution in [0.25, 0.3) is 10.9 Å². The van der Waals surface area contributed by atoms with Crippen molar-refractivity contribution in [3.05, 3.63) is 65.1 Å². The van der Waals surface area contributed by atoms with Crippen molar-refractivity contribution in [2.24, 2.45) is 0 Å².